The highest BCUT2D eigenvalue weighted by Crippen LogP contribution is 2.01. The quantitative estimate of drug-likeness (QED) is 0.660. The number of amides is 1. The van der Waals surface area contributed by atoms with Gasteiger partial charge in [0.25, 0.3) is 0 Å². The standard InChI is InChI=1S/C10H18N4O/c1-3-4-9(11)10(15)12-5-8-6-13-14-7(8)2/h6,9H,3-5,11H2,1-2H3,(H,12,15)(H,13,14)/t9-/m1/s1. The minimum Gasteiger partial charge on any atom is -0.351 e. The van der Waals surface area contributed by atoms with Crippen LogP contribution in [0.5, 0.6) is 0 Å². The van der Waals surface area contributed by atoms with Gasteiger partial charge in [-0.05, 0) is 13.3 Å². The fraction of sp³-hybridized carbons (Fsp3) is 0.600. The molecule has 1 aromatic rings. The Bertz CT molecular complexity index is 321. The summed E-state index contributed by atoms with van der Waals surface area (Å²) in [7, 11) is 0. The minimum atomic E-state index is -0.401. The molecule has 1 amide bonds. The van der Waals surface area contributed by atoms with E-state index in [1.807, 2.05) is 13.8 Å². The van der Waals surface area contributed by atoms with Crippen molar-refractivity contribution in [3.63, 3.8) is 0 Å². The van der Waals surface area contributed by atoms with E-state index in [2.05, 4.69) is 15.5 Å². The predicted molar refractivity (Wildman–Crippen MR) is 58.1 cm³/mol. The molecule has 5 heteroatoms. The van der Waals surface area contributed by atoms with Crippen LogP contribution < -0.4 is 11.1 Å². The molecule has 5 nitrogen and oxygen atoms in total. The number of nitrogens with one attached hydrogen (secondary N) is 2. The van der Waals surface area contributed by atoms with Crippen molar-refractivity contribution in [3.05, 3.63) is 17.5 Å². The van der Waals surface area contributed by atoms with Gasteiger partial charge >= 0.3 is 0 Å². The molecule has 0 bridgehead atoms. The molecule has 1 heterocycles. The number of H-pyrrole nitrogens is 1. The van der Waals surface area contributed by atoms with Crippen molar-refractivity contribution in [2.45, 2.75) is 39.3 Å². The second-order valence-corrected chi connectivity index (χ2v) is 3.63. The lowest BCUT2D eigenvalue weighted by Gasteiger charge is -2.10. The van der Waals surface area contributed by atoms with Gasteiger partial charge in [0, 0.05) is 17.8 Å². The van der Waals surface area contributed by atoms with Crippen molar-refractivity contribution in [3.8, 4) is 0 Å². The SMILES string of the molecule is CCC[C@@H](N)C(=O)NCc1cn[nH]c1C. The van der Waals surface area contributed by atoms with E-state index in [0.29, 0.717) is 6.54 Å². The molecular formula is C10H18N4O. The molecule has 0 saturated heterocycles. The average Bonchev–Trinajstić information content (AvgIpc) is 2.61. The molecule has 0 unspecified atom stereocenters. The number of hydrogen-bond donors (Lipinski definition) is 3. The number of nitrogens with two attached hydrogens (primary N) is 1. The summed E-state index contributed by atoms with van der Waals surface area (Å²) in [5, 5.41) is 9.47. The van der Waals surface area contributed by atoms with Crippen LogP contribution in [0.3, 0.4) is 0 Å². The van der Waals surface area contributed by atoms with Crippen molar-refractivity contribution >= 4 is 5.91 Å². The first kappa shape index (κ1) is 11.7. The highest BCUT2D eigenvalue weighted by molar-refractivity contribution is 5.81. The van der Waals surface area contributed by atoms with Gasteiger partial charge in [0.15, 0.2) is 0 Å². The number of carbonyl (C=O) groups excluding carboxylic acids is 1. The molecule has 1 aromatic heterocycles. The van der Waals surface area contributed by atoms with Gasteiger partial charge in [-0.1, -0.05) is 13.3 Å². The third-order valence-corrected chi connectivity index (χ3v) is 2.32. The third-order valence-electron chi connectivity index (χ3n) is 2.32. The zero-order valence-corrected chi connectivity index (χ0v) is 9.21. The number of nitrogens with zero attached hydrogens (tertiary/aromatic N) is 1. The van der Waals surface area contributed by atoms with Crippen LogP contribution >= 0.6 is 0 Å². The lowest BCUT2D eigenvalue weighted by Crippen LogP contribution is -2.40. The molecule has 84 valence electrons. The number of aromatic amines is 1. The van der Waals surface area contributed by atoms with Crippen molar-refractivity contribution in [2.75, 3.05) is 0 Å². The maximum Gasteiger partial charge on any atom is 0.237 e. The Kier molecular flexibility index (Phi) is 4.30. The van der Waals surface area contributed by atoms with Gasteiger partial charge in [0.1, 0.15) is 0 Å². The number of aryl methyl sites for hydroxylation is 1. The maximum absolute atomic E-state index is 11.5. The molecule has 4 N–H and O–H groups in total. The third kappa shape index (κ3) is 3.36. The second kappa shape index (κ2) is 5.50. The summed E-state index contributed by atoms with van der Waals surface area (Å²) in [6.07, 6.45) is 3.34. The van der Waals surface area contributed by atoms with Gasteiger partial charge in [0.2, 0.25) is 5.91 Å². The van der Waals surface area contributed by atoms with E-state index < -0.39 is 6.04 Å². The highest BCUT2D eigenvalue weighted by Gasteiger charge is 2.12. The van der Waals surface area contributed by atoms with Crippen LogP contribution in [0.15, 0.2) is 6.20 Å². The summed E-state index contributed by atoms with van der Waals surface area (Å²) < 4.78 is 0. The zero-order chi connectivity index (χ0) is 11.3. The molecule has 0 aliphatic heterocycles. The first-order valence-corrected chi connectivity index (χ1v) is 5.17. The smallest absolute Gasteiger partial charge is 0.237 e. The molecule has 15 heavy (non-hydrogen) atoms. The summed E-state index contributed by atoms with van der Waals surface area (Å²) >= 11 is 0. The normalized spacial score (nSPS) is 12.5. The predicted octanol–water partition coefficient (Wildman–Crippen LogP) is 0.462. The van der Waals surface area contributed by atoms with E-state index in [-0.39, 0.29) is 5.91 Å². The summed E-state index contributed by atoms with van der Waals surface area (Å²) in [5.74, 6) is -0.0996. The van der Waals surface area contributed by atoms with Crippen LogP contribution in [0.25, 0.3) is 0 Å². The molecule has 0 radical (unpaired) electrons. The van der Waals surface area contributed by atoms with Crippen molar-refractivity contribution in [2.24, 2.45) is 5.73 Å². The maximum atomic E-state index is 11.5. The van der Waals surface area contributed by atoms with Gasteiger partial charge in [-0.3, -0.25) is 9.89 Å². The molecule has 0 saturated carbocycles. The van der Waals surface area contributed by atoms with Crippen LogP contribution in [0.2, 0.25) is 0 Å². The molecule has 1 atom stereocenters. The molecule has 0 spiro atoms. The number of aromatic nitrogens is 2. The molecule has 1 rings (SSSR count). The van der Waals surface area contributed by atoms with E-state index in [1.54, 1.807) is 6.20 Å². The molecule has 0 fully saturated rings. The molecular weight excluding hydrogens is 192 g/mol. The van der Waals surface area contributed by atoms with Crippen molar-refractivity contribution in [1.29, 1.82) is 0 Å². The summed E-state index contributed by atoms with van der Waals surface area (Å²) in [6.45, 7) is 4.41. The Balaban J connectivity index is 2.37. The Morgan fingerprint density at radius 3 is 3.00 bits per heavy atom. The molecule has 0 aliphatic carbocycles. The minimum absolute atomic E-state index is 0.0996. The second-order valence-electron chi connectivity index (χ2n) is 3.63. The topological polar surface area (TPSA) is 83.8 Å². The van der Waals surface area contributed by atoms with E-state index in [9.17, 15) is 4.79 Å². The van der Waals surface area contributed by atoms with Crippen molar-refractivity contribution < 1.29 is 4.79 Å². The highest BCUT2D eigenvalue weighted by atomic mass is 16.2. The van der Waals surface area contributed by atoms with E-state index in [4.69, 9.17) is 5.73 Å². The number of carbonyl (C=O) groups is 1. The van der Waals surface area contributed by atoms with Gasteiger partial charge in [-0.15, -0.1) is 0 Å². The summed E-state index contributed by atoms with van der Waals surface area (Å²) in [6, 6.07) is -0.401. The van der Waals surface area contributed by atoms with Crippen LogP contribution in [0.4, 0.5) is 0 Å². The van der Waals surface area contributed by atoms with Crippen LogP contribution in [-0.4, -0.2) is 22.1 Å². The lowest BCUT2D eigenvalue weighted by molar-refractivity contribution is -0.122. The summed E-state index contributed by atoms with van der Waals surface area (Å²) in [4.78, 5) is 11.5. The van der Waals surface area contributed by atoms with Crippen LogP contribution in [0, 0.1) is 6.92 Å². The molecule has 0 aliphatic rings. The Hall–Kier alpha value is -1.36. The Labute approximate surface area is 89.4 Å². The monoisotopic (exact) mass is 210 g/mol. The lowest BCUT2D eigenvalue weighted by atomic mass is 10.1. The first-order valence-electron chi connectivity index (χ1n) is 5.17. The Morgan fingerprint density at radius 2 is 2.47 bits per heavy atom. The van der Waals surface area contributed by atoms with Gasteiger partial charge in [-0.2, -0.15) is 5.10 Å². The zero-order valence-electron chi connectivity index (χ0n) is 9.21. The van der Waals surface area contributed by atoms with E-state index in [0.717, 1.165) is 24.1 Å². The van der Waals surface area contributed by atoms with Crippen molar-refractivity contribution in [1.82, 2.24) is 15.5 Å². The van der Waals surface area contributed by atoms with Crippen LogP contribution in [0.1, 0.15) is 31.0 Å². The fourth-order valence-corrected chi connectivity index (χ4v) is 1.31. The Morgan fingerprint density at radius 1 is 1.73 bits per heavy atom. The van der Waals surface area contributed by atoms with E-state index >= 15 is 0 Å². The average molecular weight is 210 g/mol. The van der Waals surface area contributed by atoms with Gasteiger partial charge in [-0.25, -0.2) is 0 Å². The van der Waals surface area contributed by atoms with Gasteiger partial charge in [0.05, 0.1) is 12.2 Å². The number of hydrogen-bond acceptors (Lipinski definition) is 3. The van der Waals surface area contributed by atoms with Crippen LogP contribution in [-0.2, 0) is 11.3 Å². The van der Waals surface area contributed by atoms with E-state index in [1.165, 1.54) is 0 Å². The molecule has 0 aromatic carbocycles. The number of rotatable bonds is 5. The summed E-state index contributed by atoms with van der Waals surface area (Å²) in [5.41, 5.74) is 7.63. The first-order chi connectivity index (χ1) is 7.15. The fourth-order valence-electron chi connectivity index (χ4n) is 1.31. The largest absolute Gasteiger partial charge is 0.351 e. The van der Waals surface area contributed by atoms with Gasteiger partial charge < -0.3 is 11.1 Å².